The number of rotatable bonds is 6. The second kappa shape index (κ2) is 8.15. The summed E-state index contributed by atoms with van der Waals surface area (Å²) in [4.78, 5) is 4.76. The fourth-order valence-electron chi connectivity index (χ4n) is 3.30. The summed E-state index contributed by atoms with van der Waals surface area (Å²) in [5.41, 5.74) is 4.31. The lowest BCUT2D eigenvalue weighted by Gasteiger charge is -2.21. The summed E-state index contributed by atoms with van der Waals surface area (Å²) in [7, 11) is 0. The van der Waals surface area contributed by atoms with Gasteiger partial charge in [0.25, 0.3) is 0 Å². The topological polar surface area (TPSA) is 71.2 Å². The Morgan fingerprint density at radius 1 is 1.22 bits per heavy atom. The molecule has 0 unspecified atom stereocenters. The largest absolute Gasteiger partial charge is 0.508 e. The van der Waals surface area contributed by atoms with Crippen molar-refractivity contribution >= 4 is 28.7 Å². The van der Waals surface area contributed by atoms with Crippen LogP contribution in [0.25, 0.3) is 22.0 Å². The van der Waals surface area contributed by atoms with Crippen molar-refractivity contribution in [2.24, 2.45) is 5.14 Å². The lowest BCUT2D eigenvalue weighted by Crippen LogP contribution is -2.11. The first-order valence-electron chi connectivity index (χ1n) is 8.91. The van der Waals surface area contributed by atoms with Crippen LogP contribution in [0.2, 0.25) is 0 Å². The fraction of sp³-hybridized carbons (Fsp3) is 0.286. The second-order valence-electron chi connectivity index (χ2n) is 6.87. The third kappa shape index (κ3) is 4.01. The Morgan fingerprint density at radius 3 is 2.67 bits per heavy atom. The number of pyridine rings is 1. The number of hydrogen-bond donors (Lipinski definition) is 3. The number of halogens is 1. The van der Waals surface area contributed by atoms with Crippen LogP contribution in [0.5, 0.6) is 5.75 Å². The Balaban J connectivity index is 2.32. The normalized spacial score (nSPS) is 11.3. The van der Waals surface area contributed by atoms with Gasteiger partial charge in [0.1, 0.15) is 17.4 Å². The molecule has 0 saturated heterocycles. The van der Waals surface area contributed by atoms with Crippen molar-refractivity contribution < 1.29 is 9.50 Å². The van der Waals surface area contributed by atoms with Crippen molar-refractivity contribution in [3.63, 3.8) is 0 Å². The highest BCUT2D eigenvalue weighted by molar-refractivity contribution is 7.97. The second-order valence-corrected chi connectivity index (χ2v) is 7.61. The van der Waals surface area contributed by atoms with Crippen LogP contribution < -0.4 is 10.5 Å². The maximum atomic E-state index is 13.9. The molecule has 0 spiro atoms. The van der Waals surface area contributed by atoms with Crippen LogP contribution in [0.1, 0.15) is 30.9 Å². The first-order chi connectivity index (χ1) is 12.9. The van der Waals surface area contributed by atoms with E-state index in [0.717, 1.165) is 33.6 Å². The predicted molar refractivity (Wildman–Crippen MR) is 113 cm³/mol. The lowest BCUT2D eigenvalue weighted by atomic mass is 9.89. The monoisotopic (exact) mass is 385 g/mol. The van der Waals surface area contributed by atoms with Gasteiger partial charge in [0, 0.05) is 29.3 Å². The van der Waals surface area contributed by atoms with E-state index in [1.807, 2.05) is 12.1 Å². The number of phenolic OH excluding ortho intramolecular Hbond substituents is 1. The van der Waals surface area contributed by atoms with Crippen LogP contribution in [0.4, 0.5) is 10.2 Å². The zero-order valence-electron chi connectivity index (χ0n) is 15.7. The molecule has 2 aromatic carbocycles. The molecule has 142 valence electrons. The molecular formula is C21H24FN3OS. The van der Waals surface area contributed by atoms with Crippen molar-refractivity contribution in [2.45, 2.75) is 26.7 Å². The minimum absolute atomic E-state index is 0.164. The van der Waals surface area contributed by atoms with Crippen molar-refractivity contribution in [1.29, 1.82) is 0 Å². The number of nitrogens with zero attached hydrogens (tertiary/aromatic N) is 1. The zero-order valence-corrected chi connectivity index (χ0v) is 16.5. The summed E-state index contributed by atoms with van der Waals surface area (Å²) >= 11 is 1.27. The quantitative estimate of drug-likeness (QED) is 0.402. The summed E-state index contributed by atoms with van der Waals surface area (Å²) in [5.74, 6) is 1.66. The summed E-state index contributed by atoms with van der Waals surface area (Å²) in [6.45, 7) is 6.68. The van der Waals surface area contributed by atoms with E-state index in [4.69, 9.17) is 10.1 Å². The highest BCUT2D eigenvalue weighted by Crippen LogP contribution is 2.40. The molecule has 0 aliphatic rings. The Hall–Kier alpha value is -2.31. The number of anilines is 1. The van der Waals surface area contributed by atoms with Crippen LogP contribution in [0.15, 0.2) is 36.4 Å². The van der Waals surface area contributed by atoms with E-state index in [9.17, 15) is 9.50 Å². The third-order valence-corrected chi connectivity index (χ3v) is 4.98. The summed E-state index contributed by atoms with van der Waals surface area (Å²) in [6, 6.07) is 10.3. The maximum absolute atomic E-state index is 13.9. The first kappa shape index (κ1) is 19.5. The molecule has 1 aromatic heterocycles. The molecule has 3 aromatic rings. The minimum atomic E-state index is -0.223. The molecule has 6 heteroatoms. The van der Waals surface area contributed by atoms with Gasteiger partial charge in [-0.1, -0.05) is 31.9 Å². The van der Waals surface area contributed by atoms with Crippen molar-refractivity contribution in [1.82, 2.24) is 4.98 Å². The van der Waals surface area contributed by atoms with Crippen LogP contribution in [0.3, 0.4) is 0 Å². The Bertz CT molecular complexity index is 975. The number of hydrogen-bond acceptors (Lipinski definition) is 5. The van der Waals surface area contributed by atoms with Gasteiger partial charge in [0.2, 0.25) is 0 Å². The van der Waals surface area contributed by atoms with Crippen molar-refractivity contribution in [2.75, 3.05) is 17.6 Å². The zero-order chi connectivity index (χ0) is 19.6. The molecule has 0 saturated carbocycles. The predicted octanol–water partition coefficient (Wildman–Crippen LogP) is 5.20. The standard InChI is InChI=1S/C21H24FN3OS/c1-12(2)19-20(14-4-7-17(22)13(3)10-14)16-6-5-15(26)11-18(16)25-21(19)24-8-9-27-23/h4-7,10-12,26H,8-9,23H2,1-3H3,(H,24,25). The van der Waals surface area contributed by atoms with Crippen LogP contribution in [-0.2, 0) is 0 Å². The van der Waals surface area contributed by atoms with Gasteiger partial charge < -0.3 is 10.4 Å². The number of benzene rings is 2. The summed E-state index contributed by atoms with van der Waals surface area (Å²) in [5, 5.41) is 19.8. The van der Waals surface area contributed by atoms with Crippen LogP contribution in [0, 0.1) is 12.7 Å². The molecule has 0 bridgehead atoms. The Labute approximate surface area is 163 Å². The van der Waals surface area contributed by atoms with E-state index in [0.29, 0.717) is 17.6 Å². The molecule has 0 atom stereocenters. The molecule has 3 rings (SSSR count). The average Bonchev–Trinajstić information content (AvgIpc) is 2.62. The number of nitrogens with one attached hydrogen (secondary N) is 1. The van der Waals surface area contributed by atoms with Gasteiger partial charge in [-0.05, 0) is 53.8 Å². The van der Waals surface area contributed by atoms with Gasteiger partial charge in [0.05, 0.1) is 5.52 Å². The Kier molecular flexibility index (Phi) is 5.87. The van der Waals surface area contributed by atoms with Gasteiger partial charge in [-0.25, -0.2) is 9.37 Å². The van der Waals surface area contributed by atoms with Crippen molar-refractivity contribution in [3.05, 3.63) is 53.3 Å². The molecular weight excluding hydrogens is 361 g/mol. The van der Waals surface area contributed by atoms with Gasteiger partial charge in [0.15, 0.2) is 0 Å². The molecule has 0 aliphatic carbocycles. The molecule has 0 radical (unpaired) electrons. The molecule has 4 nitrogen and oxygen atoms in total. The average molecular weight is 386 g/mol. The molecule has 0 fully saturated rings. The summed E-state index contributed by atoms with van der Waals surface area (Å²) in [6.07, 6.45) is 0. The van der Waals surface area contributed by atoms with Gasteiger partial charge in [-0.3, -0.25) is 5.14 Å². The summed E-state index contributed by atoms with van der Waals surface area (Å²) < 4.78 is 13.9. The minimum Gasteiger partial charge on any atom is -0.508 e. The number of phenols is 1. The van der Waals surface area contributed by atoms with E-state index < -0.39 is 0 Å². The van der Waals surface area contributed by atoms with E-state index in [-0.39, 0.29) is 17.5 Å². The van der Waals surface area contributed by atoms with Gasteiger partial charge in [-0.2, -0.15) is 0 Å². The fourth-order valence-corrected chi connectivity index (χ4v) is 3.52. The molecule has 0 amide bonds. The number of aromatic hydroxyl groups is 1. The SMILES string of the molecule is Cc1cc(-c2c(C(C)C)c(NCCSN)nc3cc(O)ccc23)ccc1F. The van der Waals surface area contributed by atoms with Crippen molar-refractivity contribution in [3.8, 4) is 16.9 Å². The number of nitrogens with two attached hydrogens (primary N) is 1. The van der Waals surface area contributed by atoms with Gasteiger partial charge >= 0.3 is 0 Å². The first-order valence-corrected chi connectivity index (χ1v) is 9.96. The highest BCUT2D eigenvalue weighted by atomic mass is 32.2. The Morgan fingerprint density at radius 2 is 2.00 bits per heavy atom. The third-order valence-electron chi connectivity index (χ3n) is 4.54. The van der Waals surface area contributed by atoms with E-state index in [2.05, 4.69) is 19.2 Å². The lowest BCUT2D eigenvalue weighted by molar-refractivity contribution is 0.476. The van der Waals surface area contributed by atoms with E-state index in [1.165, 1.54) is 18.0 Å². The number of aryl methyl sites for hydroxylation is 1. The number of aromatic nitrogens is 1. The molecule has 4 N–H and O–H groups in total. The van der Waals surface area contributed by atoms with Crippen LogP contribution >= 0.6 is 11.9 Å². The van der Waals surface area contributed by atoms with Crippen LogP contribution in [-0.4, -0.2) is 22.4 Å². The molecule has 1 heterocycles. The van der Waals surface area contributed by atoms with E-state index >= 15 is 0 Å². The van der Waals surface area contributed by atoms with Gasteiger partial charge in [-0.15, -0.1) is 0 Å². The van der Waals surface area contributed by atoms with E-state index in [1.54, 1.807) is 25.1 Å². The highest BCUT2D eigenvalue weighted by Gasteiger charge is 2.20. The smallest absolute Gasteiger partial charge is 0.130 e. The molecule has 0 aliphatic heterocycles. The maximum Gasteiger partial charge on any atom is 0.130 e. The molecule has 27 heavy (non-hydrogen) atoms. The number of fused-ring (bicyclic) bond motifs is 1.